The van der Waals surface area contributed by atoms with Crippen LogP contribution < -0.4 is 10.6 Å². The van der Waals surface area contributed by atoms with Gasteiger partial charge in [-0.3, -0.25) is 9.48 Å². The molecule has 0 saturated carbocycles. The molecule has 0 radical (unpaired) electrons. The quantitative estimate of drug-likeness (QED) is 0.713. The number of nitrogens with one attached hydrogen (secondary N) is 2. The van der Waals surface area contributed by atoms with Crippen molar-refractivity contribution in [3.8, 4) is 0 Å². The van der Waals surface area contributed by atoms with Gasteiger partial charge in [-0.1, -0.05) is 13.3 Å². The average Bonchev–Trinajstić information content (AvgIpc) is 3.01. The number of ether oxygens (including phenoxy) is 1. The van der Waals surface area contributed by atoms with Gasteiger partial charge in [-0.15, -0.1) is 12.4 Å². The second kappa shape index (κ2) is 10.6. The summed E-state index contributed by atoms with van der Waals surface area (Å²) in [4.78, 5) is 12.0. The van der Waals surface area contributed by atoms with E-state index in [2.05, 4.69) is 22.7 Å². The minimum Gasteiger partial charge on any atom is -0.380 e. The number of carbonyl (C=O) groups excluding carboxylic acids is 1. The van der Waals surface area contributed by atoms with Crippen molar-refractivity contribution in [3.63, 3.8) is 0 Å². The van der Waals surface area contributed by atoms with Crippen molar-refractivity contribution in [1.82, 2.24) is 20.4 Å². The molecule has 1 fully saturated rings. The Balaban J connectivity index is 0.00000242. The standard InChI is InChI=1S/C15H26N4O2.ClH/c1-2-3-10-21-11-8-17-15(20)14-6-9-19(18-14)13-5-4-7-16-12-13;/h6,9,13,16H,2-5,7-8,10-12H2,1H3,(H,17,20);1H. The summed E-state index contributed by atoms with van der Waals surface area (Å²) < 4.78 is 7.31. The van der Waals surface area contributed by atoms with Crippen LogP contribution in [0.15, 0.2) is 12.3 Å². The Morgan fingerprint density at radius 3 is 3.14 bits per heavy atom. The SMILES string of the molecule is CCCCOCCNC(=O)c1ccn(C2CCCNC2)n1.Cl. The zero-order valence-corrected chi connectivity index (χ0v) is 14.0. The lowest BCUT2D eigenvalue weighted by atomic mass is 10.1. The lowest BCUT2D eigenvalue weighted by Crippen LogP contribution is -2.32. The Bertz CT molecular complexity index is 433. The molecule has 6 nitrogen and oxygen atoms in total. The van der Waals surface area contributed by atoms with Crippen molar-refractivity contribution in [2.45, 2.75) is 38.6 Å². The molecule has 2 N–H and O–H groups in total. The van der Waals surface area contributed by atoms with Crippen LogP contribution in [0.3, 0.4) is 0 Å². The summed E-state index contributed by atoms with van der Waals surface area (Å²) in [6.45, 7) is 5.97. The molecule has 1 aliphatic heterocycles. The number of unbranched alkanes of at least 4 members (excludes halogenated alkanes) is 1. The molecule has 126 valence electrons. The van der Waals surface area contributed by atoms with Crippen molar-refractivity contribution in [2.24, 2.45) is 0 Å². The lowest BCUT2D eigenvalue weighted by Gasteiger charge is -2.22. The third kappa shape index (κ3) is 5.94. The van der Waals surface area contributed by atoms with E-state index in [0.717, 1.165) is 45.4 Å². The number of piperidine rings is 1. The largest absolute Gasteiger partial charge is 0.380 e. The molecular formula is C15H27ClN4O2. The highest BCUT2D eigenvalue weighted by molar-refractivity contribution is 5.92. The van der Waals surface area contributed by atoms with Gasteiger partial charge < -0.3 is 15.4 Å². The Morgan fingerprint density at radius 2 is 2.41 bits per heavy atom. The molecule has 2 heterocycles. The monoisotopic (exact) mass is 330 g/mol. The Morgan fingerprint density at radius 1 is 1.55 bits per heavy atom. The first-order valence-electron chi connectivity index (χ1n) is 7.93. The van der Waals surface area contributed by atoms with Crippen LogP contribution in [0.25, 0.3) is 0 Å². The number of amides is 1. The predicted molar refractivity (Wildman–Crippen MR) is 88.7 cm³/mol. The molecule has 0 bridgehead atoms. The van der Waals surface area contributed by atoms with Crippen LogP contribution >= 0.6 is 12.4 Å². The third-order valence-electron chi connectivity index (χ3n) is 3.66. The van der Waals surface area contributed by atoms with Gasteiger partial charge in [0.25, 0.3) is 5.91 Å². The van der Waals surface area contributed by atoms with E-state index in [1.807, 2.05) is 10.9 Å². The van der Waals surface area contributed by atoms with Gasteiger partial charge in [0.05, 0.1) is 12.6 Å². The topological polar surface area (TPSA) is 68.2 Å². The van der Waals surface area contributed by atoms with Gasteiger partial charge in [0.2, 0.25) is 0 Å². The molecule has 1 amide bonds. The zero-order valence-electron chi connectivity index (χ0n) is 13.2. The summed E-state index contributed by atoms with van der Waals surface area (Å²) in [5.41, 5.74) is 0.481. The van der Waals surface area contributed by atoms with E-state index >= 15 is 0 Å². The molecule has 1 atom stereocenters. The summed E-state index contributed by atoms with van der Waals surface area (Å²) in [6.07, 6.45) is 6.35. The van der Waals surface area contributed by atoms with Crippen LogP contribution in [0.2, 0.25) is 0 Å². The number of aromatic nitrogens is 2. The van der Waals surface area contributed by atoms with Gasteiger partial charge in [-0.2, -0.15) is 5.10 Å². The highest BCUT2D eigenvalue weighted by Crippen LogP contribution is 2.15. The third-order valence-corrected chi connectivity index (χ3v) is 3.66. The first kappa shape index (κ1) is 18.9. The fraction of sp³-hybridized carbons (Fsp3) is 0.733. The normalized spacial score (nSPS) is 17.8. The van der Waals surface area contributed by atoms with E-state index in [1.165, 1.54) is 0 Å². The maximum absolute atomic E-state index is 12.0. The van der Waals surface area contributed by atoms with Crippen molar-refractivity contribution in [1.29, 1.82) is 0 Å². The number of rotatable bonds is 8. The first-order chi connectivity index (χ1) is 10.3. The number of hydrogen-bond acceptors (Lipinski definition) is 4. The summed E-state index contributed by atoms with van der Waals surface area (Å²) >= 11 is 0. The van der Waals surface area contributed by atoms with E-state index < -0.39 is 0 Å². The van der Waals surface area contributed by atoms with Crippen LogP contribution in [0.1, 0.15) is 49.1 Å². The van der Waals surface area contributed by atoms with Crippen molar-refractivity contribution < 1.29 is 9.53 Å². The van der Waals surface area contributed by atoms with Crippen LogP contribution in [0.4, 0.5) is 0 Å². The lowest BCUT2D eigenvalue weighted by molar-refractivity contribution is 0.0907. The van der Waals surface area contributed by atoms with Crippen LogP contribution in [0.5, 0.6) is 0 Å². The molecule has 1 aliphatic rings. The minimum atomic E-state index is -0.128. The van der Waals surface area contributed by atoms with Crippen molar-refractivity contribution in [2.75, 3.05) is 32.8 Å². The fourth-order valence-corrected chi connectivity index (χ4v) is 2.40. The van der Waals surface area contributed by atoms with E-state index in [9.17, 15) is 4.79 Å². The Hall–Kier alpha value is -1.11. The molecule has 1 saturated heterocycles. The highest BCUT2D eigenvalue weighted by atomic mass is 35.5. The van der Waals surface area contributed by atoms with Gasteiger partial charge in [-0.25, -0.2) is 0 Å². The number of halogens is 1. The van der Waals surface area contributed by atoms with Crippen LogP contribution in [0, 0.1) is 0 Å². The minimum absolute atomic E-state index is 0. The second-order valence-corrected chi connectivity index (χ2v) is 5.40. The molecule has 0 aromatic carbocycles. The summed E-state index contributed by atoms with van der Waals surface area (Å²) in [5, 5.41) is 10.6. The van der Waals surface area contributed by atoms with Crippen molar-refractivity contribution in [3.05, 3.63) is 18.0 Å². The van der Waals surface area contributed by atoms with Gasteiger partial charge in [0.15, 0.2) is 0 Å². The molecular weight excluding hydrogens is 304 g/mol. The summed E-state index contributed by atoms with van der Waals surface area (Å²) in [6, 6.07) is 2.14. The van der Waals surface area contributed by atoms with E-state index in [0.29, 0.717) is 24.9 Å². The maximum atomic E-state index is 12.0. The number of nitrogens with zero attached hydrogens (tertiary/aromatic N) is 2. The van der Waals surface area contributed by atoms with Gasteiger partial charge in [0, 0.05) is 25.9 Å². The number of hydrogen-bond donors (Lipinski definition) is 2. The Labute approximate surface area is 138 Å². The van der Waals surface area contributed by atoms with Crippen molar-refractivity contribution >= 4 is 18.3 Å². The highest BCUT2D eigenvalue weighted by Gasteiger charge is 2.17. The maximum Gasteiger partial charge on any atom is 0.271 e. The molecule has 1 aromatic heterocycles. The summed E-state index contributed by atoms with van der Waals surface area (Å²) in [7, 11) is 0. The molecule has 0 spiro atoms. The van der Waals surface area contributed by atoms with Crippen LogP contribution in [-0.4, -0.2) is 48.5 Å². The van der Waals surface area contributed by atoms with Gasteiger partial charge in [0.1, 0.15) is 5.69 Å². The average molecular weight is 331 g/mol. The van der Waals surface area contributed by atoms with E-state index in [1.54, 1.807) is 6.07 Å². The fourth-order valence-electron chi connectivity index (χ4n) is 2.40. The van der Waals surface area contributed by atoms with Gasteiger partial charge >= 0.3 is 0 Å². The van der Waals surface area contributed by atoms with E-state index in [4.69, 9.17) is 4.74 Å². The molecule has 22 heavy (non-hydrogen) atoms. The molecule has 1 unspecified atom stereocenters. The van der Waals surface area contributed by atoms with E-state index in [-0.39, 0.29) is 18.3 Å². The second-order valence-electron chi connectivity index (χ2n) is 5.40. The predicted octanol–water partition coefficient (Wildman–Crippen LogP) is 1.78. The molecule has 7 heteroatoms. The first-order valence-corrected chi connectivity index (χ1v) is 7.93. The summed E-state index contributed by atoms with van der Waals surface area (Å²) in [5.74, 6) is -0.128. The molecule has 2 rings (SSSR count). The zero-order chi connectivity index (χ0) is 14.9. The van der Waals surface area contributed by atoms with Gasteiger partial charge in [-0.05, 0) is 31.9 Å². The number of carbonyl (C=O) groups is 1. The smallest absolute Gasteiger partial charge is 0.271 e. The van der Waals surface area contributed by atoms with Crippen LogP contribution in [-0.2, 0) is 4.74 Å². The molecule has 1 aromatic rings. The molecule has 0 aliphatic carbocycles. The Kier molecular flexibility index (Phi) is 9.11.